The van der Waals surface area contributed by atoms with Gasteiger partial charge < -0.3 is 20.3 Å². The number of rotatable bonds is 7. The molecule has 3 heterocycles. The van der Waals surface area contributed by atoms with E-state index in [4.69, 9.17) is 4.74 Å². The minimum Gasteiger partial charge on any atom is -0.448 e. The van der Waals surface area contributed by atoms with E-state index in [2.05, 4.69) is 27.4 Å². The van der Waals surface area contributed by atoms with Gasteiger partial charge in [0.15, 0.2) is 11.5 Å². The van der Waals surface area contributed by atoms with E-state index in [0.29, 0.717) is 24.0 Å². The van der Waals surface area contributed by atoms with Gasteiger partial charge in [-0.1, -0.05) is 43.7 Å². The lowest BCUT2D eigenvalue weighted by molar-refractivity contribution is -0.115. The summed E-state index contributed by atoms with van der Waals surface area (Å²) in [5.74, 6) is -0.00545. The van der Waals surface area contributed by atoms with Crippen molar-refractivity contribution in [3.05, 3.63) is 59.6 Å². The van der Waals surface area contributed by atoms with Gasteiger partial charge in [-0.05, 0) is 49.9 Å². The highest BCUT2D eigenvalue weighted by atomic mass is 16.5. The van der Waals surface area contributed by atoms with Gasteiger partial charge in [-0.2, -0.15) is 0 Å². The van der Waals surface area contributed by atoms with Crippen LogP contribution in [-0.2, 0) is 4.79 Å². The highest BCUT2D eigenvalue weighted by Crippen LogP contribution is 2.31. The molecule has 1 atom stereocenters. The standard InChI is InChI=1S/C25H30N4O3/c1-2-19-11-6-7-13-29(19)14-8-12-26-24(30)21-16-20-23(17-27-21)32-22(25(31)28-20)15-18-9-4-3-5-10-18/h3-5,9-10,15-17,19H,2,6-8,11-14H2,1H3,(H,26,30)(H,28,31)/b22-15-. The van der Waals surface area contributed by atoms with Crippen molar-refractivity contribution in [2.24, 2.45) is 0 Å². The first-order chi connectivity index (χ1) is 15.6. The molecule has 2 aliphatic heterocycles. The van der Waals surface area contributed by atoms with Crippen LogP contribution >= 0.6 is 0 Å². The topological polar surface area (TPSA) is 83.6 Å². The normalized spacial score (nSPS) is 19.7. The number of nitrogens with zero attached hydrogens (tertiary/aromatic N) is 2. The highest BCUT2D eigenvalue weighted by molar-refractivity contribution is 6.08. The van der Waals surface area contributed by atoms with E-state index in [-0.39, 0.29) is 23.3 Å². The van der Waals surface area contributed by atoms with Crippen molar-refractivity contribution in [1.29, 1.82) is 0 Å². The lowest BCUT2D eigenvalue weighted by Gasteiger charge is -2.35. The van der Waals surface area contributed by atoms with Gasteiger partial charge in [0.25, 0.3) is 11.8 Å². The third-order valence-corrected chi connectivity index (χ3v) is 6.02. The Morgan fingerprint density at radius 1 is 1.31 bits per heavy atom. The second-order valence-electron chi connectivity index (χ2n) is 8.24. The number of fused-ring (bicyclic) bond motifs is 1. The first kappa shape index (κ1) is 22.0. The van der Waals surface area contributed by atoms with Crippen molar-refractivity contribution >= 4 is 23.6 Å². The lowest BCUT2D eigenvalue weighted by Crippen LogP contribution is -2.40. The minimum absolute atomic E-state index is 0.186. The third kappa shape index (κ3) is 5.34. The lowest BCUT2D eigenvalue weighted by atomic mass is 10.00. The van der Waals surface area contributed by atoms with E-state index in [1.807, 2.05) is 30.3 Å². The Balaban J connectivity index is 1.32. The van der Waals surface area contributed by atoms with Crippen LogP contribution in [0.3, 0.4) is 0 Å². The molecule has 0 bridgehead atoms. The zero-order chi connectivity index (χ0) is 22.3. The van der Waals surface area contributed by atoms with E-state index in [9.17, 15) is 9.59 Å². The van der Waals surface area contributed by atoms with E-state index >= 15 is 0 Å². The molecule has 1 aromatic heterocycles. The number of ether oxygens (including phenoxy) is 1. The molecule has 1 unspecified atom stereocenters. The monoisotopic (exact) mass is 434 g/mol. The van der Waals surface area contributed by atoms with Crippen molar-refractivity contribution in [1.82, 2.24) is 15.2 Å². The van der Waals surface area contributed by atoms with Crippen LogP contribution in [0.25, 0.3) is 6.08 Å². The molecular formula is C25H30N4O3. The van der Waals surface area contributed by atoms with E-state index in [0.717, 1.165) is 25.1 Å². The van der Waals surface area contributed by atoms with Gasteiger partial charge in [0.05, 0.1) is 11.9 Å². The van der Waals surface area contributed by atoms with Crippen molar-refractivity contribution in [3.63, 3.8) is 0 Å². The van der Waals surface area contributed by atoms with E-state index in [1.54, 1.807) is 12.1 Å². The Morgan fingerprint density at radius 2 is 2.16 bits per heavy atom. The average molecular weight is 435 g/mol. The summed E-state index contributed by atoms with van der Waals surface area (Å²) in [6.07, 6.45) is 9.09. The van der Waals surface area contributed by atoms with Crippen LogP contribution < -0.4 is 15.4 Å². The van der Waals surface area contributed by atoms with Crippen LogP contribution in [0.15, 0.2) is 48.4 Å². The average Bonchev–Trinajstić information content (AvgIpc) is 2.82. The Hall–Kier alpha value is -3.19. The molecule has 0 aliphatic carbocycles. The second-order valence-corrected chi connectivity index (χ2v) is 8.24. The first-order valence-electron chi connectivity index (χ1n) is 11.4. The molecule has 7 heteroatoms. The molecule has 1 saturated heterocycles. The van der Waals surface area contributed by atoms with E-state index < -0.39 is 0 Å². The van der Waals surface area contributed by atoms with Gasteiger partial charge in [-0.25, -0.2) is 4.98 Å². The van der Waals surface area contributed by atoms with Crippen molar-refractivity contribution in [3.8, 4) is 5.75 Å². The largest absolute Gasteiger partial charge is 0.448 e. The number of carbonyl (C=O) groups excluding carboxylic acids is 2. The van der Waals surface area contributed by atoms with Gasteiger partial charge in [-0.15, -0.1) is 0 Å². The van der Waals surface area contributed by atoms with Crippen molar-refractivity contribution < 1.29 is 14.3 Å². The predicted octanol–water partition coefficient (Wildman–Crippen LogP) is 3.84. The summed E-state index contributed by atoms with van der Waals surface area (Å²) >= 11 is 0. The zero-order valence-corrected chi connectivity index (χ0v) is 18.5. The van der Waals surface area contributed by atoms with Gasteiger partial charge in [0.1, 0.15) is 5.69 Å². The molecule has 168 valence electrons. The molecule has 0 saturated carbocycles. The zero-order valence-electron chi connectivity index (χ0n) is 18.5. The quantitative estimate of drug-likeness (QED) is 0.511. The molecule has 2 aliphatic rings. The van der Waals surface area contributed by atoms with Gasteiger partial charge in [0, 0.05) is 19.1 Å². The second kappa shape index (κ2) is 10.4. The minimum atomic E-state index is -0.356. The number of aromatic nitrogens is 1. The Labute approximate surface area is 188 Å². The van der Waals surface area contributed by atoms with Crippen LogP contribution in [0.2, 0.25) is 0 Å². The summed E-state index contributed by atoms with van der Waals surface area (Å²) in [6, 6.07) is 11.7. The summed E-state index contributed by atoms with van der Waals surface area (Å²) in [5.41, 5.74) is 1.56. The van der Waals surface area contributed by atoms with Crippen LogP contribution in [0, 0.1) is 0 Å². The number of piperidine rings is 1. The maximum Gasteiger partial charge on any atom is 0.291 e. The molecule has 1 fully saturated rings. The van der Waals surface area contributed by atoms with Crippen LogP contribution in [0.4, 0.5) is 5.69 Å². The number of carbonyl (C=O) groups is 2. The van der Waals surface area contributed by atoms with Crippen LogP contribution in [0.1, 0.15) is 55.1 Å². The fraction of sp³-hybridized carbons (Fsp3) is 0.400. The fourth-order valence-electron chi connectivity index (χ4n) is 4.28. The molecule has 4 rings (SSSR count). The summed E-state index contributed by atoms with van der Waals surface area (Å²) in [6.45, 7) is 4.99. The Kier molecular flexibility index (Phi) is 7.17. The summed E-state index contributed by atoms with van der Waals surface area (Å²) < 4.78 is 5.72. The molecule has 7 nitrogen and oxygen atoms in total. The summed E-state index contributed by atoms with van der Waals surface area (Å²) in [4.78, 5) is 31.7. The number of hydrogen-bond acceptors (Lipinski definition) is 5. The summed E-state index contributed by atoms with van der Waals surface area (Å²) in [5, 5.41) is 5.73. The van der Waals surface area contributed by atoms with Crippen LogP contribution in [0.5, 0.6) is 5.75 Å². The number of amides is 2. The number of anilines is 1. The first-order valence-corrected chi connectivity index (χ1v) is 11.4. The molecule has 32 heavy (non-hydrogen) atoms. The van der Waals surface area contributed by atoms with Crippen LogP contribution in [-0.4, -0.2) is 47.4 Å². The van der Waals surface area contributed by atoms with Gasteiger partial charge in [-0.3, -0.25) is 9.59 Å². The van der Waals surface area contributed by atoms with Crippen molar-refractivity contribution in [2.75, 3.05) is 25.0 Å². The molecule has 0 spiro atoms. The SMILES string of the molecule is CCC1CCCCN1CCCNC(=O)c1cc2c(cn1)O/C(=C\c1ccccc1)C(=O)N2. The maximum atomic E-state index is 12.5. The third-order valence-electron chi connectivity index (χ3n) is 6.02. The predicted molar refractivity (Wildman–Crippen MR) is 124 cm³/mol. The molecular weight excluding hydrogens is 404 g/mol. The Bertz CT molecular complexity index is 990. The van der Waals surface area contributed by atoms with Crippen molar-refractivity contribution in [2.45, 2.75) is 45.1 Å². The molecule has 2 aromatic rings. The number of likely N-dealkylation sites (tertiary alicyclic amines) is 1. The molecule has 2 N–H and O–H groups in total. The smallest absolute Gasteiger partial charge is 0.291 e. The molecule has 2 amide bonds. The van der Waals surface area contributed by atoms with Gasteiger partial charge in [0.2, 0.25) is 0 Å². The number of hydrogen-bond donors (Lipinski definition) is 2. The highest BCUT2D eigenvalue weighted by Gasteiger charge is 2.24. The fourth-order valence-corrected chi connectivity index (χ4v) is 4.28. The summed E-state index contributed by atoms with van der Waals surface area (Å²) in [7, 11) is 0. The number of nitrogens with one attached hydrogen (secondary N) is 2. The maximum absolute atomic E-state index is 12.5. The van der Waals surface area contributed by atoms with E-state index in [1.165, 1.54) is 31.9 Å². The molecule has 0 radical (unpaired) electrons. The van der Waals surface area contributed by atoms with Gasteiger partial charge >= 0.3 is 0 Å². The number of benzene rings is 1. The number of pyridine rings is 1. The Morgan fingerprint density at radius 3 is 2.97 bits per heavy atom. The molecule has 1 aromatic carbocycles.